The highest BCUT2D eigenvalue weighted by atomic mass is 32.1. The molecular formula is C71H46S3. The summed E-state index contributed by atoms with van der Waals surface area (Å²) in [6, 6.07) is 87.9. The van der Waals surface area contributed by atoms with Gasteiger partial charge in [-0.3, -0.25) is 0 Å². The molecule has 3 heterocycles. The van der Waals surface area contributed by atoms with Crippen molar-refractivity contribution in [1.82, 2.24) is 0 Å². The number of benzene rings is 10. The Balaban J connectivity index is 0.880. The van der Waals surface area contributed by atoms with Crippen molar-refractivity contribution in [2.24, 2.45) is 0 Å². The minimum atomic E-state index is 0.939. The van der Waals surface area contributed by atoms with E-state index in [4.69, 9.17) is 0 Å². The fourth-order valence-electron chi connectivity index (χ4n) is 11.1. The average Bonchev–Trinajstić information content (AvgIpc) is 4.24. The van der Waals surface area contributed by atoms with E-state index in [1.807, 2.05) is 34.0 Å². The van der Waals surface area contributed by atoms with Crippen LogP contribution in [0.15, 0.2) is 267 Å². The molecule has 3 aromatic heterocycles. The summed E-state index contributed by atoms with van der Waals surface area (Å²) in [6.07, 6.45) is 12.0. The topological polar surface area (TPSA) is 0 Å². The summed E-state index contributed by atoms with van der Waals surface area (Å²) in [5, 5.41) is 10.1. The third kappa shape index (κ3) is 7.89. The van der Waals surface area contributed by atoms with E-state index < -0.39 is 0 Å². The molecular weight excluding hydrogens is 949 g/mol. The molecule has 0 atom stereocenters. The monoisotopic (exact) mass is 994 g/mol. The summed E-state index contributed by atoms with van der Waals surface area (Å²) < 4.78 is 0. The third-order valence-electron chi connectivity index (χ3n) is 14.6. The van der Waals surface area contributed by atoms with Gasteiger partial charge in [0.1, 0.15) is 0 Å². The molecule has 74 heavy (non-hydrogen) atoms. The van der Waals surface area contributed by atoms with E-state index >= 15 is 0 Å². The zero-order chi connectivity index (χ0) is 49.0. The predicted octanol–water partition coefficient (Wildman–Crippen LogP) is 21.7. The van der Waals surface area contributed by atoms with Gasteiger partial charge in [0, 0.05) is 40.4 Å². The SMILES string of the molecule is C1=CCC=C(c2ccc(-c3c4ccccc4c(-c4ccc(-c5ccccc5)s4)c4cc(-c5ccc(-c6c7ccccc7c(-c7ccc(-c8ccc(-c9ccccc9)s8)cc7)c7ccccc67)cc5)ccc34)s2)C=C1. The van der Waals surface area contributed by atoms with Crippen LogP contribution in [0.4, 0.5) is 0 Å². The van der Waals surface area contributed by atoms with Gasteiger partial charge in [0.05, 0.1) is 0 Å². The second-order valence-electron chi connectivity index (χ2n) is 19.0. The molecule has 0 N–H and O–H groups in total. The quantitative estimate of drug-likeness (QED) is 0.126. The third-order valence-corrected chi connectivity index (χ3v) is 18.1. The van der Waals surface area contributed by atoms with Gasteiger partial charge in [0.25, 0.3) is 0 Å². The number of thiophene rings is 3. The van der Waals surface area contributed by atoms with Crippen LogP contribution >= 0.6 is 34.0 Å². The van der Waals surface area contributed by atoms with E-state index in [1.54, 1.807) is 0 Å². The van der Waals surface area contributed by atoms with Crippen molar-refractivity contribution >= 4 is 82.7 Å². The second-order valence-corrected chi connectivity index (χ2v) is 22.2. The fraction of sp³-hybridized carbons (Fsp3) is 0.0141. The van der Waals surface area contributed by atoms with Gasteiger partial charge in [-0.25, -0.2) is 0 Å². The van der Waals surface area contributed by atoms with Crippen LogP contribution < -0.4 is 0 Å². The molecule has 0 spiro atoms. The molecule has 348 valence electrons. The van der Waals surface area contributed by atoms with Gasteiger partial charge < -0.3 is 0 Å². The molecule has 1 aliphatic rings. The van der Waals surface area contributed by atoms with E-state index in [-0.39, 0.29) is 0 Å². The van der Waals surface area contributed by atoms with E-state index in [0.29, 0.717) is 0 Å². The molecule has 0 saturated carbocycles. The first-order valence-electron chi connectivity index (χ1n) is 25.3. The van der Waals surface area contributed by atoms with Crippen molar-refractivity contribution in [3.63, 3.8) is 0 Å². The van der Waals surface area contributed by atoms with Gasteiger partial charge in [-0.05, 0) is 148 Å². The van der Waals surface area contributed by atoms with E-state index in [2.05, 4.69) is 267 Å². The highest BCUT2D eigenvalue weighted by Crippen LogP contribution is 2.50. The summed E-state index contributed by atoms with van der Waals surface area (Å²) in [7, 11) is 0. The van der Waals surface area contributed by atoms with Crippen molar-refractivity contribution in [1.29, 1.82) is 0 Å². The van der Waals surface area contributed by atoms with Crippen molar-refractivity contribution in [3.05, 3.63) is 272 Å². The Morgan fingerprint density at radius 2 is 0.608 bits per heavy atom. The summed E-state index contributed by atoms with van der Waals surface area (Å²) in [6.45, 7) is 0. The lowest BCUT2D eigenvalue weighted by Gasteiger charge is -2.18. The molecule has 0 radical (unpaired) electrons. The fourth-order valence-corrected chi connectivity index (χ4v) is 14.3. The summed E-state index contributed by atoms with van der Waals surface area (Å²) in [5.74, 6) is 0. The largest absolute Gasteiger partial charge is 0.135 e. The lowest BCUT2D eigenvalue weighted by molar-refractivity contribution is 1.41. The molecule has 0 saturated heterocycles. The minimum absolute atomic E-state index is 0.939. The molecule has 3 heteroatoms. The highest BCUT2D eigenvalue weighted by Gasteiger charge is 2.22. The Morgan fingerprint density at radius 1 is 0.243 bits per heavy atom. The van der Waals surface area contributed by atoms with Gasteiger partial charge in [0.2, 0.25) is 0 Å². The van der Waals surface area contributed by atoms with Crippen LogP contribution in [0.25, 0.3) is 134 Å². The molecule has 0 bridgehead atoms. The van der Waals surface area contributed by atoms with Crippen molar-refractivity contribution in [2.45, 2.75) is 6.42 Å². The Hall–Kier alpha value is -8.44. The maximum Gasteiger partial charge on any atom is 0.0361 e. The van der Waals surface area contributed by atoms with Crippen LogP contribution in [0, 0.1) is 0 Å². The van der Waals surface area contributed by atoms with Gasteiger partial charge in [-0.2, -0.15) is 0 Å². The van der Waals surface area contributed by atoms with Crippen LogP contribution in [-0.4, -0.2) is 0 Å². The maximum atomic E-state index is 2.46. The number of hydrogen-bond donors (Lipinski definition) is 0. The molecule has 0 unspecified atom stereocenters. The molecule has 0 amide bonds. The summed E-state index contributed by atoms with van der Waals surface area (Å²) in [4.78, 5) is 7.68. The lowest BCUT2D eigenvalue weighted by Crippen LogP contribution is -1.91. The molecule has 10 aromatic carbocycles. The van der Waals surface area contributed by atoms with E-state index in [0.717, 1.165) is 6.42 Å². The molecule has 0 nitrogen and oxygen atoms in total. The molecule has 14 rings (SSSR count). The van der Waals surface area contributed by atoms with Crippen molar-refractivity contribution < 1.29 is 0 Å². The normalized spacial score (nSPS) is 12.5. The first-order chi connectivity index (χ1) is 36.7. The van der Waals surface area contributed by atoms with Gasteiger partial charge in [-0.15, -0.1) is 34.0 Å². The Labute approximate surface area is 443 Å². The standard InChI is InChI=1S/C71H46S3/c1-2-6-18-48(17-5-1)63-41-43-66(73-63)70-58-27-15-16-28-59(58)71(67-44-42-64(74-67)49-21-9-4-10-22-49)61-45-53(37-38-60(61)70)46-29-33-51(34-30-46)68-54-23-11-13-25-56(54)69(57-26-14-12-24-55(57)68)52-35-31-50(32-36-52)65-40-39-62(72-65)47-19-7-3-8-20-47/h1-5,7-45H,6H2. The molecule has 0 fully saturated rings. The zero-order valence-electron chi connectivity index (χ0n) is 40.3. The van der Waals surface area contributed by atoms with Crippen molar-refractivity contribution in [2.75, 3.05) is 0 Å². The summed E-state index contributed by atoms with van der Waals surface area (Å²) >= 11 is 5.62. The highest BCUT2D eigenvalue weighted by molar-refractivity contribution is 7.19. The summed E-state index contributed by atoms with van der Waals surface area (Å²) in [5.41, 5.74) is 15.0. The van der Waals surface area contributed by atoms with E-state index in [1.165, 1.54) is 139 Å². The first kappa shape index (κ1) is 44.3. The zero-order valence-corrected chi connectivity index (χ0v) is 42.8. The lowest BCUT2D eigenvalue weighted by atomic mass is 9.85. The number of rotatable bonds is 9. The Bertz CT molecular complexity index is 4290. The Morgan fingerprint density at radius 3 is 1.14 bits per heavy atom. The van der Waals surface area contributed by atoms with Crippen LogP contribution in [0.2, 0.25) is 0 Å². The second kappa shape index (κ2) is 18.9. The number of allylic oxidation sites excluding steroid dienone is 6. The molecule has 1 aliphatic carbocycles. The van der Waals surface area contributed by atoms with Gasteiger partial charge in [0.15, 0.2) is 0 Å². The van der Waals surface area contributed by atoms with E-state index in [9.17, 15) is 0 Å². The molecule has 13 aromatic rings. The number of fused-ring (bicyclic) bond motifs is 4. The maximum absolute atomic E-state index is 2.46. The first-order valence-corrected chi connectivity index (χ1v) is 27.7. The van der Waals surface area contributed by atoms with Crippen LogP contribution in [0.5, 0.6) is 0 Å². The number of hydrogen-bond acceptors (Lipinski definition) is 3. The van der Waals surface area contributed by atoms with Gasteiger partial charge >= 0.3 is 0 Å². The molecule has 0 aliphatic heterocycles. The van der Waals surface area contributed by atoms with Crippen molar-refractivity contribution in [3.8, 4) is 85.6 Å². The van der Waals surface area contributed by atoms with Crippen LogP contribution in [0.1, 0.15) is 11.3 Å². The smallest absolute Gasteiger partial charge is 0.0361 e. The minimum Gasteiger partial charge on any atom is -0.135 e. The predicted molar refractivity (Wildman–Crippen MR) is 324 cm³/mol. The Kier molecular flexibility index (Phi) is 11.3. The average molecular weight is 995 g/mol. The van der Waals surface area contributed by atoms with Crippen LogP contribution in [0.3, 0.4) is 0 Å². The van der Waals surface area contributed by atoms with Crippen LogP contribution in [-0.2, 0) is 0 Å². The van der Waals surface area contributed by atoms with Gasteiger partial charge in [-0.1, -0.05) is 225 Å².